The van der Waals surface area contributed by atoms with Gasteiger partial charge in [-0.3, -0.25) is 4.90 Å². The molecule has 1 aliphatic carbocycles. The first-order valence-electron chi connectivity index (χ1n) is 9.01. The van der Waals surface area contributed by atoms with Gasteiger partial charge in [-0.1, -0.05) is 0 Å². The Hall–Kier alpha value is -1.66. The van der Waals surface area contributed by atoms with Crippen LogP contribution in [0.4, 0.5) is 0 Å². The molecule has 2 aromatic heterocycles. The summed E-state index contributed by atoms with van der Waals surface area (Å²) < 4.78 is 17.8. The number of likely N-dealkylation sites (tertiary alicyclic amines) is 1. The lowest BCUT2D eigenvalue weighted by Gasteiger charge is -2.33. The van der Waals surface area contributed by atoms with E-state index < -0.39 is 0 Å². The van der Waals surface area contributed by atoms with Crippen molar-refractivity contribution >= 4 is 0 Å². The Morgan fingerprint density at radius 3 is 2.79 bits per heavy atom. The Kier molecular flexibility index (Phi) is 3.49. The monoisotopic (exact) mass is 329 g/mol. The Bertz CT molecular complexity index is 721. The highest BCUT2D eigenvalue weighted by Gasteiger charge is 2.42. The normalized spacial score (nSPS) is 30.6. The van der Waals surface area contributed by atoms with Gasteiger partial charge in [0, 0.05) is 24.9 Å². The molecule has 0 unspecified atom stereocenters. The smallest absolute Gasteiger partial charge is 0.245 e. The summed E-state index contributed by atoms with van der Waals surface area (Å²) in [5, 5.41) is 8.43. The van der Waals surface area contributed by atoms with Crippen LogP contribution in [0.25, 0.3) is 0 Å². The highest BCUT2D eigenvalue weighted by atomic mass is 16.5. The molecule has 2 aliphatic heterocycles. The van der Waals surface area contributed by atoms with Crippen LogP contribution in [-0.4, -0.2) is 34.3 Å². The van der Waals surface area contributed by atoms with Gasteiger partial charge in [0.2, 0.25) is 11.8 Å². The van der Waals surface area contributed by atoms with E-state index >= 15 is 0 Å². The van der Waals surface area contributed by atoms with Crippen molar-refractivity contribution in [3.8, 4) is 0 Å². The largest absolute Gasteiger partial charge is 0.465 e. The van der Waals surface area contributed by atoms with Crippen molar-refractivity contribution in [3.05, 3.63) is 35.4 Å². The summed E-state index contributed by atoms with van der Waals surface area (Å²) in [6.45, 7) is 4.97. The second-order valence-corrected chi connectivity index (χ2v) is 7.45. The number of aryl methyl sites for hydroxylation is 1. The van der Waals surface area contributed by atoms with E-state index in [1.165, 1.54) is 12.8 Å². The van der Waals surface area contributed by atoms with E-state index in [9.17, 15) is 0 Å². The number of nitrogens with zero attached hydrogens (tertiary/aromatic N) is 3. The summed E-state index contributed by atoms with van der Waals surface area (Å²) in [5.74, 6) is 4.55. The van der Waals surface area contributed by atoms with Gasteiger partial charge in [0.15, 0.2) is 0 Å². The molecule has 6 heteroatoms. The van der Waals surface area contributed by atoms with Gasteiger partial charge in [-0.15, -0.1) is 10.2 Å². The van der Waals surface area contributed by atoms with E-state index in [2.05, 4.69) is 21.2 Å². The van der Waals surface area contributed by atoms with E-state index in [-0.39, 0.29) is 6.10 Å². The van der Waals surface area contributed by atoms with E-state index in [0.29, 0.717) is 23.8 Å². The summed E-state index contributed by atoms with van der Waals surface area (Å²) in [6.07, 6.45) is 4.70. The van der Waals surface area contributed by atoms with Crippen molar-refractivity contribution in [3.63, 3.8) is 0 Å². The van der Waals surface area contributed by atoms with Crippen LogP contribution in [0.1, 0.15) is 61.0 Å². The molecule has 0 amide bonds. The van der Waals surface area contributed by atoms with E-state index in [1.807, 2.05) is 13.0 Å². The van der Waals surface area contributed by atoms with Crippen molar-refractivity contribution in [2.45, 2.75) is 57.3 Å². The van der Waals surface area contributed by atoms with Crippen molar-refractivity contribution in [2.24, 2.45) is 5.92 Å². The fourth-order valence-electron chi connectivity index (χ4n) is 4.00. The minimum Gasteiger partial charge on any atom is -0.465 e. The third-order valence-electron chi connectivity index (χ3n) is 5.44. The topological polar surface area (TPSA) is 64.5 Å². The van der Waals surface area contributed by atoms with E-state index in [4.69, 9.17) is 13.6 Å². The standard InChI is InChI=1S/C18H23N3O3/c1-11-2-5-14(22-11)10-21-7-6-15-13(9-21)8-16(23-15)18-20-19-17(24-18)12-3-4-12/h2,5,12-13,15-16H,3-4,6-10H2,1H3/t13-,15-,16+/m0/s1. The average Bonchev–Trinajstić information content (AvgIpc) is 2.98. The minimum atomic E-state index is -0.0224. The van der Waals surface area contributed by atoms with Crippen LogP contribution in [0.15, 0.2) is 21.0 Å². The van der Waals surface area contributed by atoms with Gasteiger partial charge in [0.25, 0.3) is 0 Å². The fourth-order valence-corrected chi connectivity index (χ4v) is 4.00. The molecule has 0 radical (unpaired) electrons. The molecule has 24 heavy (non-hydrogen) atoms. The lowest BCUT2D eigenvalue weighted by Crippen LogP contribution is -2.40. The number of hydrogen-bond acceptors (Lipinski definition) is 6. The molecule has 3 atom stereocenters. The molecular weight excluding hydrogens is 306 g/mol. The van der Waals surface area contributed by atoms with Gasteiger partial charge in [-0.05, 0) is 44.7 Å². The first kappa shape index (κ1) is 14.7. The number of ether oxygens (including phenoxy) is 1. The van der Waals surface area contributed by atoms with Crippen molar-refractivity contribution < 1.29 is 13.6 Å². The van der Waals surface area contributed by atoms with Gasteiger partial charge in [-0.2, -0.15) is 0 Å². The third-order valence-corrected chi connectivity index (χ3v) is 5.44. The second kappa shape index (κ2) is 5.70. The van der Waals surface area contributed by atoms with Crippen LogP contribution in [0.3, 0.4) is 0 Å². The van der Waals surface area contributed by atoms with Gasteiger partial charge >= 0.3 is 0 Å². The molecule has 0 spiro atoms. The molecule has 2 aromatic rings. The van der Waals surface area contributed by atoms with Crippen molar-refractivity contribution in [1.29, 1.82) is 0 Å². The summed E-state index contributed by atoms with van der Waals surface area (Å²) in [6, 6.07) is 4.11. The molecule has 0 bridgehead atoms. The van der Waals surface area contributed by atoms with Crippen LogP contribution in [-0.2, 0) is 11.3 Å². The summed E-state index contributed by atoms with van der Waals surface area (Å²) in [5.41, 5.74) is 0. The molecule has 3 aliphatic rings. The summed E-state index contributed by atoms with van der Waals surface area (Å²) >= 11 is 0. The molecule has 2 saturated heterocycles. The zero-order valence-electron chi connectivity index (χ0n) is 14.0. The summed E-state index contributed by atoms with van der Waals surface area (Å²) in [7, 11) is 0. The molecule has 0 aromatic carbocycles. The first-order chi connectivity index (χ1) is 11.7. The summed E-state index contributed by atoms with van der Waals surface area (Å²) in [4.78, 5) is 2.47. The van der Waals surface area contributed by atoms with E-state index in [0.717, 1.165) is 49.9 Å². The van der Waals surface area contributed by atoms with Gasteiger partial charge in [-0.25, -0.2) is 0 Å². The Morgan fingerprint density at radius 1 is 1.12 bits per heavy atom. The fraction of sp³-hybridized carbons (Fsp3) is 0.667. The lowest BCUT2D eigenvalue weighted by atomic mass is 9.93. The molecule has 4 heterocycles. The predicted octanol–water partition coefficient (Wildman–Crippen LogP) is 3.20. The van der Waals surface area contributed by atoms with Gasteiger partial charge in [0.05, 0.1) is 12.6 Å². The van der Waals surface area contributed by atoms with Crippen LogP contribution in [0, 0.1) is 12.8 Å². The molecular formula is C18H23N3O3. The molecule has 0 N–H and O–H groups in total. The maximum Gasteiger partial charge on any atom is 0.245 e. The number of piperidine rings is 1. The maximum absolute atomic E-state index is 6.22. The third kappa shape index (κ3) is 2.78. The molecule has 6 nitrogen and oxygen atoms in total. The Balaban J connectivity index is 1.22. The number of aromatic nitrogens is 2. The van der Waals surface area contributed by atoms with Gasteiger partial charge in [0.1, 0.15) is 17.6 Å². The minimum absolute atomic E-state index is 0.0224. The highest BCUT2D eigenvalue weighted by Crippen LogP contribution is 2.43. The zero-order valence-corrected chi connectivity index (χ0v) is 14.0. The molecule has 5 rings (SSSR count). The van der Waals surface area contributed by atoms with Crippen LogP contribution in [0.5, 0.6) is 0 Å². The maximum atomic E-state index is 6.22. The average molecular weight is 329 g/mol. The zero-order chi connectivity index (χ0) is 16.1. The number of rotatable bonds is 4. The second-order valence-electron chi connectivity index (χ2n) is 7.45. The molecule has 128 valence electrons. The van der Waals surface area contributed by atoms with Gasteiger partial charge < -0.3 is 13.6 Å². The molecule has 1 saturated carbocycles. The Labute approximate surface area is 141 Å². The number of hydrogen-bond donors (Lipinski definition) is 0. The number of fused-ring (bicyclic) bond motifs is 1. The quantitative estimate of drug-likeness (QED) is 0.858. The van der Waals surface area contributed by atoms with Crippen LogP contribution < -0.4 is 0 Å². The first-order valence-corrected chi connectivity index (χ1v) is 9.01. The highest BCUT2D eigenvalue weighted by molar-refractivity contribution is 5.06. The van der Waals surface area contributed by atoms with Crippen LogP contribution >= 0.6 is 0 Å². The predicted molar refractivity (Wildman–Crippen MR) is 85.3 cm³/mol. The lowest BCUT2D eigenvalue weighted by molar-refractivity contribution is -0.0107. The van der Waals surface area contributed by atoms with Crippen molar-refractivity contribution in [1.82, 2.24) is 15.1 Å². The van der Waals surface area contributed by atoms with Crippen molar-refractivity contribution in [2.75, 3.05) is 13.1 Å². The SMILES string of the molecule is Cc1ccc(CN2CC[C@@H]3O[C@@H](c4nnc(C5CC5)o4)C[C@H]3C2)o1. The van der Waals surface area contributed by atoms with Crippen LogP contribution in [0.2, 0.25) is 0 Å². The molecule has 3 fully saturated rings. The number of furan rings is 1. The Morgan fingerprint density at radius 2 is 2.00 bits per heavy atom. The van der Waals surface area contributed by atoms with E-state index in [1.54, 1.807) is 0 Å².